The average Bonchev–Trinajstić information content (AvgIpc) is 2.95. The number of ether oxygens (including phenoxy) is 2. The van der Waals surface area contributed by atoms with Crippen molar-refractivity contribution in [3.05, 3.63) is 44.1 Å². The quantitative estimate of drug-likeness (QED) is 0.0777. The molecule has 16 heteroatoms. The normalized spacial score (nSPS) is 16.4. The Hall–Kier alpha value is -3.15. The van der Waals surface area contributed by atoms with Gasteiger partial charge in [-0.3, -0.25) is 0 Å². The van der Waals surface area contributed by atoms with Crippen LogP contribution in [0.5, 0.6) is 0 Å². The van der Waals surface area contributed by atoms with Gasteiger partial charge in [0.25, 0.3) is 0 Å². The number of hydrogen-bond acceptors (Lipinski definition) is 13. The molecule has 0 saturated carbocycles. The minimum Gasteiger partial charge on any atom is -0.461 e. The molecule has 0 aliphatic heterocycles. The molecule has 0 saturated heterocycles. The second-order valence-electron chi connectivity index (χ2n) is 12.0. The molecule has 0 aliphatic carbocycles. The number of allylic oxidation sites excluding steroid dienone is 1. The summed E-state index contributed by atoms with van der Waals surface area (Å²) in [6, 6.07) is 0. The molecule has 0 spiro atoms. The predicted molar refractivity (Wildman–Crippen MR) is 156 cm³/mol. The molecule has 6 atom stereocenters. The van der Waals surface area contributed by atoms with E-state index in [1.165, 1.54) is 26.8 Å². The molecular formula is C28H47N3O13. The summed E-state index contributed by atoms with van der Waals surface area (Å²) in [4.78, 5) is 63.2. The minimum atomic E-state index is -2.48. The van der Waals surface area contributed by atoms with Crippen molar-refractivity contribution < 1.29 is 49.7 Å². The number of carbonyl (C=O) groups is 2. The van der Waals surface area contributed by atoms with Crippen molar-refractivity contribution in [2.45, 2.75) is 123 Å². The molecule has 0 aromatic carbocycles. The van der Waals surface area contributed by atoms with Crippen LogP contribution in [0.2, 0.25) is 0 Å². The third-order valence-corrected chi connectivity index (χ3v) is 7.22. The van der Waals surface area contributed by atoms with Gasteiger partial charge in [-0.1, -0.05) is 39.7 Å². The average molecular weight is 634 g/mol. The van der Waals surface area contributed by atoms with Gasteiger partial charge in [0.2, 0.25) is 0 Å². The molecule has 1 rings (SSSR count). The molecule has 0 bridgehead atoms. The largest absolute Gasteiger partial charge is 0.461 e. The molecule has 0 amide bonds. The Morgan fingerprint density at radius 3 is 1.64 bits per heavy atom. The van der Waals surface area contributed by atoms with E-state index >= 15 is 0 Å². The van der Waals surface area contributed by atoms with E-state index < -0.39 is 90.9 Å². The molecule has 1 heterocycles. The summed E-state index contributed by atoms with van der Waals surface area (Å²) in [6.07, 6.45) is -9.47. The Morgan fingerprint density at radius 1 is 0.773 bits per heavy atom. The van der Waals surface area contributed by atoms with E-state index in [1.54, 1.807) is 0 Å². The highest BCUT2D eigenvalue weighted by atomic mass is 16.6. The maximum absolute atomic E-state index is 13.2. The molecule has 252 valence electrons. The molecule has 6 unspecified atom stereocenters. The standard InChI is InChI=1S/C28H47N3O13/c1-8-11-29-24(40)30(13-16(32)12-28(7,9-2)10-3)26(42)31(25(29)41)14-17(33)15-43-22(38)20(36)18(34)19(35)21(37)23(39)44-27(4,5)6/h8,16-21,32-37H,1,9-15H2,2-7H3. The number of carbonyl (C=O) groups excluding carboxylic acids is 2. The smallest absolute Gasteiger partial charge is 0.338 e. The highest BCUT2D eigenvalue weighted by Crippen LogP contribution is 2.31. The van der Waals surface area contributed by atoms with Crippen LogP contribution in [0.15, 0.2) is 27.0 Å². The van der Waals surface area contributed by atoms with E-state index in [-0.39, 0.29) is 18.4 Å². The monoisotopic (exact) mass is 633 g/mol. The third-order valence-electron chi connectivity index (χ3n) is 7.22. The Bertz CT molecular complexity index is 1310. The van der Waals surface area contributed by atoms with Gasteiger partial charge >= 0.3 is 29.0 Å². The van der Waals surface area contributed by atoms with E-state index in [2.05, 4.69) is 6.58 Å². The first kappa shape index (κ1) is 38.9. The van der Waals surface area contributed by atoms with E-state index in [1.807, 2.05) is 20.8 Å². The van der Waals surface area contributed by atoms with E-state index in [4.69, 9.17) is 9.47 Å². The van der Waals surface area contributed by atoms with E-state index in [9.17, 15) is 54.6 Å². The molecule has 6 N–H and O–H groups in total. The van der Waals surface area contributed by atoms with Crippen molar-refractivity contribution in [2.75, 3.05) is 6.61 Å². The van der Waals surface area contributed by atoms with Gasteiger partial charge in [-0.2, -0.15) is 0 Å². The number of rotatable bonds is 17. The third kappa shape index (κ3) is 10.5. The molecule has 0 fully saturated rings. The van der Waals surface area contributed by atoms with Crippen molar-refractivity contribution in [3.63, 3.8) is 0 Å². The molecule has 16 nitrogen and oxygen atoms in total. The molecule has 0 aliphatic rings. The van der Waals surface area contributed by atoms with Crippen molar-refractivity contribution >= 4 is 11.9 Å². The van der Waals surface area contributed by atoms with Gasteiger partial charge in [0.15, 0.2) is 12.2 Å². The van der Waals surface area contributed by atoms with Crippen LogP contribution in [-0.4, -0.2) is 105 Å². The summed E-state index contributed by atoms with van der Waals surface area (Å²) in [5, 5.41) is 61.2. The lowest BCUT2D eigenvalue weighted by Gasteiger charge is -2.29. The van der Waals surface area contributed by atoms with Crippen LogP contribution in [-0.2, 0) is 38.7 Å². The van der Waals surface area contributed by atoms with Crippen LogP contribution in [0.1, 0.15) is 60.8 Å². The summed E-state index contributed by atoms with van der Waals surface area (Å²) in [5.41, 5.74) is -4.53. The molecular weight excluding hydrogens is 586 g/mol. The van der Waals surface area contributed by atoms with Crippen LogP contribution in [0, 0.1) is 5.41 Å². The van der Waals surface area contributed by atoms with Crippen LogP contribution >= 0.6 is 0 Å². The zero-order valence-electron chi connectivity index (χ0n) is 26.1. The first-order valence-corrected chi connectivity index (χ1v) is 14.3. The second-order valence-corrected chi connectivity index (χ2v) is 12.0. The number of esters is 2. The summed E-state index contributed by atoms with van der Waals surface area (Å²) >= 11 is 0. The maximum Gasteiger partial charge on any atom is 0.338 e. The lowest BCUT2D eigenvalue weighted by molar-refractivity contribution is -0.186. The number of hydrogen-bond donors (Lipinski definition) is 6. The summed E-state index contributed by atoms with van der Waals surface area (Å²) in [7, 11) is 0. The Balaban J connectivity index is 3.09. The molecule has 44 heavy (non-hydrogen) atoms. The van der Waals surface area contributed by atoms with Crippen molar-refractivity contribution in [3.8, 4) is 0 Å². The Kier molecular flexibility index (Phi) is 14.4. The van der Waals surface area contributed by atoms with Gasteiger partial charge in [0, 0.05) is 0 Å². The minimum absolute atomic E-state index is 0.264. The fourth-order valence-corrected chi connectivity index (χ4v) is 4.20. The van der Waals surface area contributed by atoms with Gasteiger partial charge in [-0.05, 0) is 32.6 Å². The van der Waals surface area contributed by atoms with Gasteiger partial charge in [-0.15, -0.1) is 6.58 Å². The predicted octanol–water partition coefficient (Wildman–Crippen LogP) is -2.38. The first-order chi connectivity index (χ1) is 20.2. The zero-order valence-corrected chi connectivity index (χ0v) is 26.1. The van der Waals surface area contributed by atoms with E-state index in [0.29, 0.717) is 13.7 Å². The van der Waals surface area contributed by atoms with Crippen molar-refractivity contribution in [2.24, 2.45) is 5.41 Å². The number of aliphatic hydroxyl groups excluding tert-OH is 6. The second kappa shape index (κ2) is 16.2. The number of aliphatic hydroxyl groups is 6. The van der Waals surface area contributed by atoms with Crippen molar-refractivity contribution in [1.82, 2.24) is 13.7 Å². The summed E-state index contributed by atoms with van der Waals surface area (Å²) in [6.45, 7) is 11.3. The van der Waals surface area contributed by atoms with E-state index in [0.717, 1.165) is 12.8 Å². The van der Waals surface area contributed by atoms with Crippen LogP contribution in [0.3, 0.4) is 0 Å². The Morgan fingerprint density at radius 2 is 1.20 bits per heavy atom. The van der Waals surface area contributed by atoms with Crippen LogP contribution in [0.25, 0.3) is 0 Å². The zero-order chi connectivity index (χ0) is 34.2. The highest BCUT2D eigenvalue weighted by molar-refractivity contribution is 5.77. The summed E-state index contributed by atoms with van der Waals surface area (Å²) < 4.78 is 11.5. The molecule has 1 aromatic heterocycles. The highest BCUT2D eigenvalue weighted by Gasteiger charge is 2.40. The number of aromatic nitrogens is 3. The van der Waals surface area contributed by atoms with Crippen molar-refractivity contribution in [1.29, 1.82) is 0 Å². The molecule has 1 aromatic rings. The van der Waals surface area contributed by atoms with Gasteiger partial charge in [-0.25, -0.2) is 37.7 Å². The van der Waals surface area contributed by atoms with Crippen LogP contribution < -0.4 is 17.1 Å². The van der Waals surface area contributed by atoms with Gasteiger partial charge in [0.05, 0.1) is 25.7 Å². The fourth-order valence-electron chi connectivity index (χ4n) is 4.20. The van der Waals surface area contributed by atoms with Gasteiger partial charge in [0.1, 0.15) is 30.5 Å². The maximum atomic E-state index is 13.2. The lowest BCUT2D eigenvalue weighted by Crippen LogP contribution is -2.56. The SMILES string of the molecule is C=CCn1c(=O)n(CC(O)COC(=O)C(O)C(O)C(O)C(O)C(=O)OC(C)(C)C)c(=O)n(CC(O)CC(C)(CC)CC)c1=O. The molecule has 0 radical (unpaired) electrons. The fraction of sp³-hybridized carbons (Fsp3) is 0.750. The Labute approximate surface area is 254 Å². The summed E-state index contributed by atoms with van der Waals surface area (Å²) in [5.74, 6) is -2.91. The topological polar surface area (TPSA) is 240 Å². The first-order valence-electron chi connectivity index (χ1n) is 14.3. The van der Waals surface area contributed by atoms with Crippen LogP contribution in [0.4, 0.5) is 0 Å². The lowest BCUT2D eigenvalue weighted by atomic mass is 9.79. The number of nitrogens with zero attached hydrogens (tertiary/aromatic N) is 3. The van der Waals surface area contributed by atoms with Gasteiger partial charge < -0.3 is 40.1 Å².